The molecule has 5 heteroatoms. The summed E-state index contributed by atoms with van der Waals surface area (Å²) in [6.07, 6.45) is 3.13. The van der Waals surface area contributed by atoms with Gasteiger partial charge >= 0.3 is 0 Å². The van der Waals surface area contributed by atoms with Crippen molar-refractivity contribution in [2.24, 2.45) is 0 Å². The average Bonchev–Trinajstić information content (AvgIpc) is 3.01. The smallest absolute Gasteiger partial charge is 0.229 e. The van der Waals surface area contributed by atoms with Gasteiger partial charge in [0.1, 0.15) is 5.82 Å². The molecule has 0 bridgehead atoms. The van der Waals surface area contributed by atoms with Crippen molar-refractivity contribution in [2.45, 2.75) is 53.9 Å². The minimum absolute atomic E-state index is 0.690. The van der Waals surface area contributed by atoms with Crippen LogP contribution in [0.1, 0.15) is 47.7 Å². The highest BCUT2D eigenvalue weighted by Gasteiger charge is 2.24. The Labute approximate surface area is 163 Å². The van der Waals surface area contributed by atoms with E-state index in [4.69, 9.17) is 14.7 Å². The third kappa shape index (κ3) is 4.59. The highest BCUT2D eigenvalue weighted by molar-refractivity contribution is 5.66. The monoisotopic (exact) mass is 368 g/mol. The van der Waals surface area contributed by atoms with Crippen molar-refractivity contribution in [3.8, 4) is 0 Å². The number of fused-ring (bicyclic) bond motifs is 1. The molecular formula is C22H32N4O. The molecule has 0 saturated heterocycles. The number of anilines is 3. The van der Waals surface area contributed by atoms with Gasteiger partial charge in [0.05, 0.1) is 0 Å². The number of ether oxygens (including phenoxy) is 1. The normalized spacial score (nSPS) is 13.1. The van der Waals surface area contributed by atoms with Crippen molar-refractivity contribution < 1.29 is 4.74 Å². The van der Waals surface area contributed by atoms with E-state index in [1.807, 2.05) is 0 Å². The minimum atomic E-state index is 0.690. The molecule has 0 radical (unpaired) electrons. The molecule has 0 amide bonds. The molecule has 146 valence electrons. The Morgan fingerprint density at radius 3 is 2.52 bits per heavy atom. The van der Waals surface area contributed by atoms with Gasteiger partial charge in [-0.2, -0.15) is 4.98 Å². The van der Waals surface area contributed by atoms with Crippen LogP contribution in [0.2, 0.25) is 0 Å². The zero-order chi connectivity index (χ0) is 19.4. The van der Waals surface area contributed by atoms with Crippen LogP contribution in [0.5, 0.6) is 0 Å². The van der Waals surface area contributed by atoms with Crippen LogP contribution < -0.4 is 10.2 Å². The highest BCUT2D eigenvalue weighted by Crippen LogP contribution is 2.31. The summed E-state index contributed by atoms with van der Waals surface area (Å²) in [6, 6.07) is 4.39. The van der Waals surface area contributed by atoms with Crippen molar-refractivity contribution in [3.63, 3.8) is 0 Å². The van der Waals surface area contributed by atoms with Crippen LogP contribution in [0.15, 0.2) is 12.1 Å². The topological polar surface area (TPSA) is 50.3 Å². The van der Waals surface area contributed by atoms with E-state index < -0.39 is 0 Å². The predicted molar refractivity (Wildman–Crippen MR) is 112 cm³/mol. The third-order valence-electron chi connectivity index (χ3n) is 5.10. The second-order valence-corrected chi connectivity index (χ2v) is 7.54. The van der Waals surface area contributed by atoms with Crippen LogP contribution in [0.4, 0.5) is 17.5 Å². The standard InChI is InChI=1S/C22H32N4O/c1-6-11-27-12-7-9-26-10-8-19-18(5)23-22(25-21(19)26)24-20-16(3)13-15(2)14-17(20)4/h13-14H,6-12H2,1-5H3,(H,23,24,25). The maximum Gasteiger partial charge on any atom is 0.229 e. The molecule has 1 aliphatic rings. The fourth-order valence-corrected chi connectivity index (χ4v) is 3.85. The molecule has 1 N–H and O–H groups in total. The number of rotatable bonds is 8. The molecule has 0 atom stereocenters. The van der Waals surface area contributed by atoms with Crippen molar-refractivity contribution in [1.29, 1.82) is 0 Å². The fourth-order valence-electron chi connectivity index (χ4n) is 3.85. The van der Waals surface area contributed by atoms with Gasteiger partial charge < -0.3 is 15.0 Å². The molecule has 0 fully saturated rings. The van der Waals surface area contributed by atoms with E-state index >= 15 is 0 Å². The molecule has 0 spiro atoms. The molecule has 1 aromatic heterocycles. The van der Waals surface area contributed by atoms with Crippen molar-refractivity contribution >= 4 is 17.5 Å². The van der Waals surface area contributed by atoms with Gasteiger partial charge in [-0.15, -0.1) is 0 Å². The van der Waals surface area contributed by atoms with E-state index in [0.29, 0.717) is 5.95 Å². The van der Waals surface area contributed by atoms with Crippen LogP contribution in [-0.4, -0.2) is 36.3 Å². The van der Waals surface area contributed by atoms with E-state index in [1.165, 1.54) is 22.3 Å². The minimum Gasteiger partial charge on any atom is -0.381 e. The first-order valence-electron chi connectivity index (χ1n) is 10.0. The summed E-state index contributed by atoms with van der Waals surface area (Å²) in [7, 11) is 0. The SMILES string of the molecule is CCCOCCCN1CCc2c(C)nc(Nc3c(C)cc(C)cc3C)nc21. The molecular weight excluding hydrogens is 336 g/mol. The Bertz CT molecular complexity index is 780. The summed E-state index contributed by atoms with van der Waals surface area (Å²) in [6.45, 7) is 14.3. The second kappa shape index (κ2) is 8.70. The van der Waals surface area contributed by atoms with Gasteiger partial charge in [-0.05, 0) is 58.1 Å². The molecule has 2 heterocycles. The number of hydrogen-bond acceptors (Lipinski definition) is 5. The van der Waals surface area contributed by atoms with Gasteiger partial charge in [0.2, 0.25) is 5.95 Å². The average molecular weight is 369 g/mol. The first-order chi connectivity index (χ1) is 13.0. The Kier molecular flexibility index (Phi) is 6.32. The molecule has 0 saturated carbocycles. The second-order valence-electron chi connectivity index (χ2n) is 7.54. The quantitative estimate of drug-likeness (QED) is 0.688. The first-order valence-corrected chi connectivity index (χ1v) is 10.0. The maximum atomic E-state index is 5.62. The molecule has 2 aromatic rings. The van der Waals surface area contributed by atoms with Gasteiger partial charge in [-0.25, -0.2) is 4.98 Å². The highest BCUT2D eigenvalue weighted by atomic mass is 16.5. The van der Waals surface area contributed by atoms with Gasteiger partial charge in [0.15, 0.2) is 0 Å². The van der Waals surface area contributed by atoms with E-state index in [9.17, 15) is 0 Å². The summed E-state index contributed by atoms with van der Waals surface area (Å²) < 4.78 is 5.62. The van der Waals surface area contributed by atoms with E-state index in [1.54, 1.807) is 0 Å². The van der Waals surface area contributed by atoms with E-state index in [-0.39, 0.29) is 0 Å². The molecule has 3 rings (SSSR count). The van der Waals surface area contributed by atoms with E-state index in [2.05, 4.69) is 57.0 Å². The third-order valence-corrected chi connectivity index (χ3v) is 5.10. The summed E-state index contributed by atoms with van der Waals surface area (Å²) in [4.78, 5) is 12.0. The Balaban J connectivity index is 1.76. The lowest BCUT2D eigenvalue weighted by Crippen LogP contribution is -2.24. The Morgan fingerprint density at radius 1 is 1.07 bits per heavy atom. The predicted octanol–water partition coefficient (Wildman–Crippen LogP) is 4.63. The lowest BCUT2D eigenvalue weighted by molar-refractivity contribution is 0.133. The van der Waals surface area contributed by atoms with Gasteiger partial charge in [0.25, 0.3) is 0 Å². The van der Waals surface area contributed by atoms with Crippen molar-refractivity contribution in [2.75, 3.05) is 36.5 Å². The summed E-state index contributed by atoms with van der Waals surface area (Å²) >= 11 is 0. The Morgan fingerprint density at radius 2 is 1.81 bits per heavy atom. The van der Waals surface area contributed by atoms with Crippen LogP contribution in [-0.2, 0) is 11.2 Å². The van der Waals surface area contributed by atoms with Crippen LogP contribution in [0, 0.1) is 27.7 Å². The number of nitrogens with zero attached hydrogens (tertiary/aromatic N) is 3. The molecule has 5 nitrogen and oxygen atoms in total. The fraction of sp³-hybridized carbons (Fsp3) is 0.545. The van der Waals surface area contributed by atoms with Gasteiger partial charge in [0, 0.05) is 43.2 Å². The summed E-state index contributed by atoms with van der Waals surface area (Å²) in [5.41, 5.74) is 7.19. The number of aromatic nitrogens is 2. The first kappa shape index (κ1) is 19.6. The molecule has 1 aliphatic heterocycles. The zero-order valence-corrected chi connectivity index (χ0v) is 17.4. The maximum absolute atomic E-state index is 5.62. The lowest BCUT2D eigenvalue weighted by Gasteiger charge is -2.20. The number of aryl methyl sites for hydroxylation is 4. The Hall–Kier alpha value is -2.14. The van der Waals surface area contributed by atoms with Gasteiger partial charge in [-0.3, -0.25) is 0 Å². The number of hydrogen-bond donors (Lipinski definition) is 1. The number of benzene rings is 1. The van der Waals surface area contributed by atoms with Gasteiger partial charge in [-0.1, -0.05) is 24.6 Å². The summed E-state index contributed by atoms with van der Waals surface area (Å²) in [5, 5.41) is 3.47. The lowest BCUT2D eigenvalue weighted by atomic mass is 10.1. The summed E-state index contributed by atoms with van der Waals surface area (Å²) in [5.74, 6) is 1.78. The van der Waals surface area contributed by atoms with E-state index in [0.717, 1.165) is 62.8 Å². The van der Waals surface area contributed by atoms with Crippen LogP contribution in [0.3, 0.4) is 0 Å². The molecule has 27 heavy (non-hydrogen) atoms. The largest absolute Gasteiger partial charge is 0.381 e. The van der Waals surface area contributed by atoms with Crippen molar-refractivity contribution in [1.82, 2.24) is 9.97 Å². The van der Waals surface area contributed by atoms with Crippen LogP contribution in [0.25, 0.3) is 0 Å². The van der Waals surface area contributed by atoms with Crippen LogP contribution >= 0.6 is 0 Å². The molecule has 1 aromatic carbocycles. The number of nitrogens with one attached hydrogen (secondary N) is 1. The zero-order valence-electron chi connectivity index (χ0n) is 17.4. The van der Waals surface area contributed by atoms with Crippen molar-refractivity contribution in [3.05, 3.63) is 40.1 Å². The molecule has 0 aliphatic carbocycles. The molecule has 0 unspecified atom stereocenters.